The van der Waals surface area contributed by atoms with E-state index in [4.69, 9.17) is 9.47 Å². The lowest BCUT2D eigenvalue weighted by Gasteiger charge is -2.15. The number of tetrazole rings is 1. The lowest BCUT2D eigenvalue weighted by molar-refractivity contribution is -0.115. The molecule has 1 N–H and O–H groups in total. The molecule has 0 aliphatic heterocycles. The Balaban J connectivity index is 2.07. The number of aromatic nitrogens is 4. The van der Waals surface area contributed by atoms with Gasteiger partial charge >= 0.3 is 0 Å². The van der Waals surface area contributed by atoms with Crippen LogP contribution in [0, 0.1) is 5.92 Å². The molecule has 9 heteroatoms. The molecule has 0 bridgehead atoms. The van der Waals surface area contributed by atoms with Crippen molar-refractivity contribution in [1.29, 1.82) is 0 Å². The molecule has 1 atom stereocenters. The van der Waals surface area contributed by atoms with Crippen molar-refractivity contribution in [1.82, 2.24) is 20.2 Å². The van der Waals surface area contributed by atoms with Gasteiger partial charge in [0.05, 0.1) is 25.2 Å². The number of thioether (sulfide) groups is 1. The Bertz CT molecular complexity index is 720. The summed E-state index contributed by atoms with van der Waals surface area (Å²) in [6, 6.07) is 5.24. The fourth-order valence-corrected chi connectivity index (χ4v) is 2.90. The van der Waals surface area contributed by atoms with Crippen LogP contribution in [0.3, 0.4) is 0 Å². The van der Waals surface area contributed by atoms with Gasteiger partial charge in [-0.05, 0) is 35.4 Å². The van der Waals surface area contributed by atoms with Crippen molar-refractivity contribution in [2.24, 2.45) is 5.92 Å². The molecule has 0 aliphatic carbocycles. The van der Waals surface area contributed by atoms with Gasteiger partial charge in [-0.25, -0.2) is 4.68 Å². The van der Waals surface area contributed by atoms with Gasteiger partial charge in [0.25, 0.3) is 0 Å². The second-order valence-electron chi connectivity index (χ2n) is 5.85. The number of rotatable bonds is 8. The number of benzene rings is 1. The van der Waals surface area contributed by atoms with E-state index in [2.05, 4.69) is 34.7 Å². The van der Waals surface area contributed by atoms with E-state index in [0.717, 1.165) is 0 Å². The molecular weight excluding hydrogens is 342 g/mol. The van der Waals surface area contributed by atoms with Crippen molar-refractivity contribution in [3.8, 4) is 11.5 Å². The Morgan fingerprint density at radius 1 is 1.28 bits per heavy atom. The predicted octanol–water partition coefficient (Wildman–Crippen LogP) is 2.47. The van der Waals surface area contributed by atoms with Gasteiger partial charge in [0.1, 0.15) is 11.5 Å². The van der Waals surface area contributed by atoms with Crippen LogP contribution in [0.1, 0.15) is 20.8 Å². The quantitative estimate of drug-likeness (QED) is 0.719. The van der Waals surface area contributed by atoms with Crippen LogP contribution in [-0.2, 0) is 11.3 Å². The van der Waals surface area contributed by atoms with E-state index in [1.165, 1.54) is 11.8 Å². The number of ether oxygens (including phenoxy) is 2. The van der Waals surface area contributed by atoms with Crippen molar-refractivity contribution in [3.05, 3.63) is 18.2 Å². The zero-order chi connectivity index (χ0) is 18.4. The maximum atomic E-state index is 12.5. The molecule has 0 spiro atoms. The molecule has 0 fully saturated rings. The lowest BCUT2D eigenvalue weighted by Crippen LogP contribution is -2.23. The second kappa shape index (κ2) is 8.70. The first kappa shape index (κ1) is 19.0. The third-order valence-electron chi connectivity index (χ3n) is 3.35. The van der Waals surface area contributed by atoms with Crippen molar-refractivity contribution < 1.29 is 14.3 Å². The van der Waals surface area contributed by atoms with Crippen LogP contribution < -0.4 is 14.8 Å². The van der Waals surface area contributed by atoms with E-state index < -0.39 is 0 Å². The van der Waals surface area contributed by atoms with Crippen molar-refractivity contribution in [2.45, 2.75) is 37.7 Å². The first-order valence-corrected chi connectivity index (χ1v) is 8.78. The summed E-state index contributed by atoms with van der Waals surface area (Å²) in [6.07, 6.45) is 0. The van der Waals surface area contributed by atoms with Gasteiger partial charge in [-0.1, -0.05) is 25.6 Å². The van der Waals surface area contributed by atoms with Gasteiger partial charge in [0.2, 0.25) is 11.1 Å². The normalized spacial score (nSPS) is 12.1. The molecule has 136 valence electrons. The number of amides is 1. The summed E-state index contributed by atoms with van der Waals surface area (Å²) in [5.74, 6) is 1.44. The molecule has 1 unspecified atom stereocenters. The van der Waals surface area contributed by atoms with Crippen molar-refractivity contribution in [3.63, 3.8) is 0 Å². The summed E-state index contributed by atoms with van der Waals surface area (Å²) < 4.78 is 12.2. The van der Waals surface area contributed by atoms with Crippen LogP contribution in [0.5, 0.6) is 11.5 Å². The standard InChI is InChI=1S/C16H23N5O3S/c1-10(2)9-21-16(18-19-20-21)25-11(3)15(22)17-13-8-12(23-4)6-7-14(13)24-5/h6-8,10-11H,9H2,1-5H3,(H,17,22). The first-order valence-electron chi connectivity index (χ1n) is 7.90. The monoisotopic (exact) mass is 365 g/mol. The van der Waals surface area contributed by atoms with Gasteiger partial charge < -0.3 is 14.8 Å². The highest BCUT2D eigenvalue weighted by atomic mass is 32.2. The number of nitrogens with zero attached hydrogens (tertiary/aromatic N) is 4. The predicted molar refractivity (Wildman–Crippen MR) is 96.1 cm³/mol. The van der Waals surface area contributed by atoms with E-state index >= 15 is 0 Å². The molecule has 1 aromatic carbocycles. The van der Waals surface area contributed by atoms with Gasteiger partial charge in [-0.3, -0.25) is 4.79 Å². The minimum absolute atomic E-state index is 0.171. The average molecular weight is 365 g/mol. The van der Waals surface area contributed by atoms with Gasteiger partial charge in [-0.15, -0.1) is 5.10 Å². The first-order chi connectivity index (χ1) is 11.9. The lowest BCUT2D eigenvalue weighted by atomic mass is 10.2. The number of hydrogen-bond donors (Lipinski definition) is 1. The summed E-state index contributed by atoms with van der Waals surface area (Å²) >= 11 is 1.31. The molecular formula is C16H23N5O3S. The molecule has 2 rings (SSSR count). The summed E-state index contributed by atoms with van der Waals surface area (Å²) in [5.41, 5.74) is 0.557. The van der Waals surface area contributed by atoms with Gasteiger partial charge in [0.15, 0.2) is 0 Å². The van der Waals surface area contributed by atoms with E-state index in [-0.39, 0.29) is 11.2 Å². The van der Waals surface area contributed by atoms with Crippen molar-refractivity contribution in [2.75, 3.05) is 19.5 Å². The molecule has 0 radical (unpaired) electrons. The van der Waals surface area contributed by atoms with Crippen molar-refractivity contribution >= 4 is 23.4 Å². The van der Waals surface area contributed by atoms with Crippen LogP contribution in [-0.4, -0.2) is 45.6 Å². The smallest absolute Gasteiger partial charge is 0.237 e. The molecule has 0 saturated carbocycles. The number of carbonyl (C=O) groups is 1. The Morgan fingerprint density at radius 3 is 2.68 bits per heavy atom. The summed E-state index contributed by atoms with van der Waals surface area (Å²) in [4.78, 5) is 12.5. The maximum Gasteiger partial charge on any atom is 0.237 e. The molecule has 0 aliphatic rings. The Labute approximate surface area is 151 Å². The highest BCUT2D eigenvalue weighted by Crippen LogP contribution is 2.30. The molecule has 1 aromatic heterocycles. The highest BCUT2D eigenvalue weighted by molar-refractivity contribution is 8.00. The molecule has 1 amide bonds. The third-order valence-corrected chi connectivity index (χ3v) is 4.42. The number of carbonyl (C=O) groups excluding carboxylic acids is 1. The van der Waals surface area contributed by atoms with E-state index in [0.29, 0.717) is 34.8 Å². The Kier molecular flexibility index (Phi) is 6.63. The number of nitrogens with one attached hydrogen (secondary N) is 1. The topological polar surface area (TPSA) is 91.2 Å². The van der Waals surface area contributed by atoms with Crippen LogP contribution >= 0.6 is 11.8 Å². The number of anilines is 1. The third kappa shape index (κ3) is 5.09. The van der Waals surface area contributed by atoms with Crippen LogP contribution in [0.2, 0.25) is 0 Å². The Morgan fingerprint density at radius 2 is 2.04 bits per heavy atom. The fraction of sp³-hybridized carbons (Fsp3) is 0.500. The zero-order valence-electron chi connectivity index (χ0n) is 15.0. The van der Waals surface area contributed by atoms with E-state index in [9.17, 15) is 4.79 Å². The molecule has 25 heavy (non-hydrogen) atoms. The van der Waals surface area contributed by atoms with Crippen LogP contribution in [0.15, 0.2) is 23.4 Å². The Hall–Kier alpha value is -2.29. The molecule has 0 saturated heterocycles. The summed E-state index contributed by atoms with van der Waals surface area (Å²) in [5, 5.41) is 14.8. The van der Waals surface area contributed by atoms with E-state index in [1.54, 1.807) is 44.0 Å². The highest BCUT2D eigenvalue weighted by Gasteiger charge is 2.20. The van der Waals surface area contributed by atoms with E-state index in [1.807, 2.05) is 0 Å². The maximum absolute atomic E-state index is 12.5. The van der Waals surface area contributed by atoms with Crippen LogP contribution in [0.4, 0.5) is 5.69 Å². The molecule has 1 heterocycles. The molecule has 8 nitrogen and oxygen atoms in total. The van der Waals surface area contributed by atoms with Gasteiger partial charge in [-0.2, -0.15) is 0 Å². The molecule has 2 aromatic rings. The largest absolute Gasteiger partial charge is 0.497 e. The average Bonchev–Trinajstić information content (AvgIpc) is 3.00. The summed E-state index contributed by atoms with van der Waals surface area (Å²) in [6.45, 7) is 6.68. The zero-order valence-corrected chi connectivity index (χ0v) is 15.8. The summed E-state index contributed by atoms with van der Waals surface area (Å²) in [7, 11) is 3.12. The number of hydrogen-bond acceptors (Lipinski definition) is 7. The number of methoxy groups -OCH3 is 2. The minimum Gasteiger partial charge on any atom is -0.497 e. The minimum atomic E-state index is -0.382. The second-order valence-corrected chi connectivity index (χ2v) is 7.16. The van der Waals surface area contributed by atoms with Gasteiger partial charge in [0, 0.05) is 12.6 Å². The fourth-order valence-electron chi connectivity index (χ4n) is 2.10. The van der Waals surface area contributed by atoms with Crippen LogP contribution in [0.25, 0.3) is 0 Å². The SMILES string of the molecule is COc1ccc(OC)c(NC(=O)C(C)Sc2nnnn2CC(C)C)c1.